The molecule has 0 aliphatic heterocycles. The molecule has 10 heteroatoms. The lowest BCUT2D eigenvalue weighted by atomic mass is 10.2. The number of carbonyl (C=O) groups is 1. The number of anilines is 1. The zero-order chi connectivity index (χ0) is 14.4. The van der Waals surface area contributed by atoms with Crippen molar-refractivity contribution in [3.05, 3.63) is 18.2 Å². The lowest BCUT2D eigenvalue weighted by Crippen LogP contribution is -2.22. The molecule has 0 heterocycles. The number of benzene rings is 1. The zero-order valence-corrected chi connectivity index (χ0v) is 10.6. The van der Waals surface area contributed by atoms with Gasteiger partial charge in [0.15, 0.2) is 5.75 Å². The first-order valence-corrected chi connectivity index (χ1v) is 4.96. The van der Waals surface area contributed by atoms with Crippen LogP contribution >= 0.6 is 12.4 Å². The summed E-state index contributed by atoms with van der Waals surface area (Å²) in [6.07, 6.45) is 0. The first-order chi connectivity index (χ1) is 8.92. The molecule has 0 aromatic heterocycles. The van der Waals surface area contributed by atoms with E-state index in [1.807, 2.05) is 0 Å². The van der Waals surface area contributed by atoms with Gasteiger partial charge in [0.2, 0.25) is 5.91 Å². The van der Waals surface area contributed by atoms with E-state index in [-0.39, 0.29) is 30.4 Å². The van der Waals surface area contributed by atoms with E-state index in [4.69, 9.17) is 5.73 Å². The van der Waals surface area contributed by atoms with Crippen molar-refractivity contribution in [2.45, 2.75) is 13.2 Å². The number of alkyl halides is 4. The number of amides is 1. The molecular formula is C10H11ClF4N2O3. The molecule has 0 aliphatic rings. The topological polar surface area (TPSA) is 73.6 Å². The van der Waals surface area contributed by atoms with Gasteiger partial charge in [-0.1, -0.05) is 0 Å². The molecule has 1 aromatic rings. The van der Waals surface area contributed by atoms with Gasteiger partial charge in [0.05, 0.1) is 12.2 Å². The molecule has 20 heavy (non-hydrogen) atoms. The Balaban J connectivity index is 0.00000361. The van der Waals surface area contributed by atoms with Gasteiger partial charge in [0.25, 0.3) is 0 Å². The molecule has 0 saturated heterocycles. The van der Waals surface area contributed by atoms with Crippen molar-refractivity contribution in [1.82, 2.24) is 0 Å². The number of carbonyl (C=O) groups excluding carboxylic acids is 1. The molecule has 5 nitrogen and oxygen atoms in total. The summed E-state index contributed by atoms with van der Waals surface area (Å²) in [5, 5.41) is 2.18. The van der Waals surface area contributed by atoms with E-state index in [1.54, 1.807) is 0 Å². The minimum atomic E-state index is -3.18. The van der Waals surface area contributed by atoms with Crippen molar-refractivity contribution in [3.8, 4) is 11.5 Å². The minimum Gasteiger partial charge on any atom is -0.435 e. The summed E-state index contributed by atoms with van der Waals surface area (Å²) in [7, 11) is 0. The van der Waals surface area contributed by atoms with Crippen LogP contribution < -0.4 is 20.5 Å². The molecule has 0 bridgehead atoms. The molecule has 0 atom stereocenters. The normalized spacial score (nSPS) is 10.2. The summed E-state index contributed by atoms with van der Waals surface area (Å²) in [6, 6.07) is 2.96. The highest BCUT2D eigenvalue weighted by Crippen LogP contribution is 2.31. The largest absolute Gasteiger partial charge is 0.435 e. The second kappa shape index (κ2) is 8.43. The van der Waals surface area contributed by atoms with E-state index in [1.165, 1.54) is 0 Å². The summed E-state index contributed by atoms with van der Waals surface area (Å²) in [4.78, 5) is 11.1. The number of ether oxygens (including phenoxy) is 2. The third kappa shape index (κ3) is 5.93. The highest BCUT2D eigenvalue weighted by molar-refractivity contribution is 5.93. The third-order valence-corrected chi connectivity index (χ3v) is 1.85. The molecule has 0 spiro atoms. The zero-order valence-electron chi connectivity index (χ0n) is 9.82. The Morgan fingerprint density at radius 1 is 1.20 bits per heavy atom. The van der Waals surface area contributed by atoms with Crippen LogP contribution in [0.25, 0.3) is 0 Å². The van der Waals surface area contributed by atoms with Crippen LogP contribution in [0.2, 0.25) is 0 Å². The molecule has 0 unspecified atom stereocenters. The molecule has 0 saturated carbocycles. The average Bonchev–Trinajstić information content (AvgIpc) is 2.30. The van der Waals surface area contributed by atoms with E-state index in [2.05, 4.69) is 14.8 Å². The predicted molar refractivity (Wildman–Crippen MR) is 64.6 cm³/mol. The average molecular weight is 319 g/mol. The van der Waals surface area contributed by atoms with Crippen LogP contribution in [-0.4, -0.2) is 25.7 Å². The summed E-state index contributed by atoms with van der Waals surface area (Å²) < 4.78 is 56.4. The van der Waals surface area contributed by atoms with E-state index in [9.17, 15) is 22.4 Å². The first-order valence-electron chi connectivity index (χ1n) is 4.96. The number of nitrogens with one attached hydrogen (secondary N) is 1. The Kier molecular flexibility index (Phi) is 7.70. The standard InChI is InChI=1S/C10H10F4N2O3.ClH/c11-9(12)18-5-1-2-6(16-8(17)4-15)7(3-5)19-10(13)14;/h1-3,9-10H,4,15H2,(H,16,17);1H. The summed E-state index contributed by atoms with van der Waals surface area (Å²) in [5.74, 6) is -1.53. The van der Waals surface area contributed by atoms with Crippen LogP contribution in [-0.2, 0) is 4.79 Å². The maximum absolute atomic E-state index is 12.2. The second-order valence-corrected chi connectivity index (χ2v) is 3.17. The van der Waals surface area contributed by atoms with Gasteiger partial charge in [0.1, 0.15) is 5.75 Å². The molecule has 0 aliphatic carbocycles. The fourth-order valence-corrected chi connectivity index (χ4v) is 1.18. The van der Waals surface area contributed by atoms with E-state index in [0.717, 1.165) is 18.2 Å². The summed E-state index contributed by atoms with van der Waals surface area (Å²) in [6.45, 7) is -6.66. The predicted octanol–water partition coefficient (Wildman–Crippen LogP) is 2.21. The smallest absolute Gasteiger partial charge is 0.387 e. The highest BCUT2D eigenvalue weighted by atomic mass is 35.5. The van der Waals surface area contributed by atoms with Crippen LogP contribution in [0.15, 0.2) is 18.2 Å². The van der Waals surface area contributed by atoms with Crippen molar-refractivity contribution in [2.75, 3.05) is 11.9 Å². The molecule has 114 valence electrons. The van der Waals surface area contributed by atoms with Gasteiger partial charge in [-0.3, -0.25) is 4.79 Å². The first kappa shape index (κ1) is 18.3. The summed E-state index contributed by atoms with van der Waals surface area (Å²) in [5.41, 5.74) is 4.91. The van der Waals surface area contributed by atoms with Gasteiger partial charge in [-0.15, -0.1) is 12.4 Å². The van der Waals surface area contributed by atoms with Crippen molar-refractivity contribution in [2.24, 2.45) is 5.73 Å². The monoisotopic (exact) mass is 318 g/mol. The second-order valence-electron chi connectivity index (χ2n) is 3.17. The molecule has 1 aromatic carbocycles. The van der Waals surface area contributed by atoms with Gasteiger partial charge in [-0.05, 0) is 12.1 Å². The molecule has 3 N–H and O–H groups in total. The van der Waals surface area contributed by atoms with Crippen LogP contribution in [0.4, 0.5) is 23.2 Å². The molecule has 1 rings (SSSR count). The van der Waals surface area contributed by atoms with Gasteiger partial charge in [0, 0.05) is 6.07 Å². The summed E-state index contributed by atoms with van der Waals surface area (Å²) >= 11 is 0. The minimum absolute atomic E-state index is 0. The van der Waals surface area contributed by atoms with Crippen LogP contribution in [0.5, 0.6) is 11.5 Å². The number of hydrogen-bond acceptors (Lipinski definition) is 4. The fourth-order valence-electron chi connectivity index (χ4n) is 1.18. The third-order valence-electron chi connectivity index (χ3n) is 1.85. The fraction of sp³-hybridized carbons (Fsp3) is 0.300. The van der Waals surface area contributed by atoms with Crippen molar-refractivity contribution in [3.63, 3.8) is 0 Å². The van der Waals surface area contributed by atoms with Gasteiger partial charge in [-0.25, -0.2) is 0 Å². The highest BCUT2D eigenvalue weighted by Gasteiger charge is 2.14. The quantitative estimate of drug-likeness (QED) is 0.789. The van der Waals surface area contributed by atoms with Gasteiger partial charge in [-0.2, -0.15) is 17.6 Å². The maximum Gasteiger partial charge on any atom is 0.387 e. The molecule has 1 amide bonds. The Morgan fingerprint density at radius 3 is 2.30 bits per heavy atom. The number of rotatable bonds is 6. The number of halogens is 5. The Morgan fingerprint density at radius 2 is 1.80 bits per heavy atom. The van der Waals surface area contributed by atoms with Gasteiger partial charge >= 0.3 is 13.2 Å². The lowest BCUT2D eigenvalue weighted by molar-refractivity contribution is -0.115. The molecule has 0 radical (unpaired) electrons. The van der Waals surface area contributed by atoms with E-state index < -0.39 is 24.9 Å². The van der Waals surface area contributed by atoms with E-state index in [0.29, 0.717) is 0 Å². The van der Waals surface area contributed by atoms with Gasteiger partial charge < -0.3 is 20.5 Å². The Bertz CT molecular complexity index is 449. The lowest BCUT2D eigenvalue weighted by Gasteiger charge is -2.13. The van der Waals surface area contributed by atoms with Crippen molar-refractivity contribution >= 4 is 24.0 Å². The van der Waals surface area contributed by atoms with E-state index >= 15 is 0 Å². The Hall–Kier alpha value is -1.74. The molecule has 0 fully saturated rings. The van der Waals surface area contributed by atoms with Crippen molar-refractivity contribution < 1.29 is 31.8 Å². The van der Waals surface area contributed by atoms with Crippen LogP contribution in [0.1, 0.15) is 0 Å². The van der Waals surface area contributed by atoms with Crippen LogP contribution in [0, 0.1) is 0 Å². The number of nitrogens with two attached hydrogens (primary N) is 1. The van der Waals surface area contributed by atoms with Crippen molar-refractivity contribution in [1.29, 1.82) is 0 Å². The SMILES string of the molecule is Cl.NCC(=O)Nc1ccc(OC(F)F)cc1OC(F)F. The molecular weight excluding hydrogens is 308 g/mol. The maximum atomic E-state index is 12.2. The van der Waals surface area contributed by atoms with Crippen LogP contribution in [0.3, 0.4) is 0 Å². The number of hydrogen-bond donors (Lipinski definition) is 2. The Labute approximate surface area is 117 Å².